The van der Waals surface area contributed by atoms with Crippen LogP contribution >= 0.6 is 0 Å². The highest BCUT2D eigenvalue weighted by molar-refractivity contribution is 5.43. The lowest BCUT2D eigenvalue weighted by molar-refractivity contribution is -0.123. The molecular formula is C17H31N5O4. The average Bonchev–Trinajstić information content (AvgIpc) is 2.89. The smallest absolute Gasteiger partial charge is 0.290 e. The van der Waals surface area contributed by atoms with Crippen molar-refractivity contribution in [2.45, 2.75) is 32.2 Å². The predicted molar refractivity (Wildman–Crippen MR) is 102 cm³/mol. The SMILES string of the molecule is CCN(C)c1ccnc(N2CCCCC(N(C)C)C2)n1.O=CO.O=CO. The van der Waals surface area contributed by atoms with Gasteiger partial charge in [-0.25, -0.2) is 4.98 Å². The summed E-state index contributed by atoms with van der Waals surface area (Å²) in [4.78, 5) is 32.7. The van der Waals surface area contributed by atoms with Crippen molar-refractivity contribution in [2.24, 2.45) is 0 Å². The number of likely N-dealkylation sites (N-methyl/N-ethyl adjacent to an activating group) is 1. The molecule has 2 rings (SSSR count). The first kappa shape index (κ1) is 23.6. The number of rotatable bonds is 4. The Morgan fingerprint density at radius 1 is 1.23 bits per heavy atom. The summed E-state index contributed by atoms with van der Waals surface area (Å²) in [5, 5.41) is 13.8. The van der Waals surface area contributed by atoms with Gasteiger partial charge in [0.05, 0.1) is 0 Å². The predicted octanol–water partition coefficient (Wildman–Crippen LogP) is 1.25. The molecule has 2 N–H and O–H groups in total. The first-order chi connectivity index (χ1) is 12.4. The molecule has 148 valence electrons. The molecule has 1 saturated heterocycles. The van der Waals surface area contributed by atoms with Gasteiger partial charge in [0, 0.05) is 38.9 Å². The minimum Gasteiger partial charge on any atom is -0.483 e. The molecular weight excluding hydrogens is 338 g/mol. The van der Waals surface area contributed by atoms with Crippen molar-refractivity contribution in [1.29, 1.82) is 0 Å². The Labute approximate surface area is 155 Å². The molecule has 0 amide bonds. The molecule has 1 aromatic heterocycles. The van der Waals surface area contributed by atoms with Crippen molar-refractivity contribution in [2.75, 3.05) is 50.6 Å². The lowest BCUT2D eigenvalue weighted by atomic mass is 10.1. The van der Waals surface area contributed by atoms with Crippen molar-refractivity contribution in [3.05, 3.63) is 12.3 Å². The minimum atomic E-state index is -0.250. The largest absolute Gasteiger partial charge is 0.483 e. The van der Waals surface area contributed by atoms with Gasteiger partial charge in [0.15, 0.2) is 0 Å². The summed E-state index contributed by atoms with van der Waals surface area (Å²) in [6.07, 6.45) is 5.65. The van der Waals surface area contributed by atoms with E-state index >= 15 is 0 Å². The topological polar surface area (TPSA) is 110 Å². The first-order valence-electron chi connectivity index (χ1n) is 8.56. The number of anilines is 2. The van der Waals surface area contributed by atoms with E-state index < -0.39 is 0 Å². The molecule has 1 unspecified atom stereocenters. The van der Waals surface area contributed by atoms with Gasteiger partial charge in [0.1, 0.15) is 5.82 Å². The minimum absolute atomic E-state index is 0.250. The van der Waals surface area contributed by atoms with Crippen molar-refractivity contribution in [3.8, 4) is 0 Å². The zero-order valence-corrected chi connectivity index (χ0v) is 16.1. The van der Waals surface area contributed by atoms with E-state index in [-0.39, 0.29) is 12.9 Å². The number of carboxylic acid groups (broad SMARTS) is 2. The van der Waals surface area contributed by atoms with Crippen LogP contribution in [0.5, 0.6) is 0 Å². The van der Waals surface area contributed by atoms with Gasteiger partial charge < -0.3 is 24.9 Å². The average molecular weight is 369 g/mol. The summed E-state index contributed by atoms with van der Waals surface area (Å²) in [7, 11) is 6.39. The summed E-state index contributed by atoms with van der Waals surface area (Å²) in [6.45, 7) is 4.67. The molecule has 1 aliphatic rings. The van der Waals surface area contributed by atoms with Crippen molar-refractivity contribution in [3.63, 3.8) is 0 Å². The van der Waals surface area contributed by atoms with Crippen LogP contribution < -0.4 is 9.80 Å². The maximum atomic E-state index is 8.36. The van der Waals surface area contributed by atoms with E-state index in [1.807, 2.05) is 12.3 Å². The Morgan fingerprint density at radius 2 is 1.85 bits per heavy atom. The highest BCUT2D eigenvalue weighted by Crippen LogP contribution is 2.20. The number of hydrogen-bond donors (Lipinski definition) is 2. The van der Waals surface area contributed by atoms with Crippen LogP contribution in [-0.2, 0) is 9.59 Å². The van der Waals surface area contributed by atoms with Crippen LogP contribution in [-0.4, -0.2) is 84.8 Å². The molecule has 0 bridgehead atoms. The third-order valence-electron chi connectivity index (χ3n) is 4.15. The van der Waals surface area contributed by atoms with Gasteiger partial charge in [-0.2, -0.15) is 4.98 Å². The molecule has 0 radical (unpaired) electrons. The van der Waals surface area contributed by atoms with Crippen molar-refractivity contribution in [1.82, 2.24) is 14.9 Å². The maximum Gasteiger partial charge on any atom is 0.290 e. The van der Waals surface area contributed by atoms with E-state index in [0.29, 0.717) is 6.04 Å². The second-order valence-electron chi connectivity index (χ2n) is 6.00. The van der Waals surface area contributed by atoms with Crippen LogP contribution in [0.1, 0.15) is 26.2 Å². The second-order valence-corrected chi connectivity index (χ2v) is 6.00. The molecule has 0 saturated carbocycles. The molecule has 1 fully saturated rings. The third-order valence-corrected chi connectivity index (χ3v) is 4.15. The highest BCUT2D eigenvalue weighted by atomic mass is 16.3. The highest BCUT2D eigenvalue weighted by Gasteiger charge is 2.21. The molecule has 0 aromatic carbocycles. The summed E-state index contributed by atoms with van der Waals surface area (Å²) >= 11 is 0. The third kappa shape index (κ3) is 8.61. The van der Waals surface area contributed by atoms with Crippen LogP contribution in [0.4, 0.5) is 11.8 Å². The molecule has 1 aliphatic heterocycles. The van der Waals surface area contributed by atoms with Gasteiger partial charge in [0.25, 0.3) is 12.9 Å². The molecule has 2 heterocycles. The van der Waals surface area contributed by atoms with Gasteiger partial charge in [-0.1, -0.05) is 6.42 Å². The van der Waals surface area contributed by atoms with Crippen molar-refractivity contribution >= 4 is 24.7 Å². The van der Waals surface area contributed by atoms with Gasteiger partial charge >= 0.3 is 0 Å². The number of carbonyl (C=O) groups is 2. The van der Waals surface area contributed by atoms with Crippen LogP contribution in [0.2, 0.25) is 0 Å². The molecule has 0 aliphatic carbocycles. The Bertz CT molecular complexity index is 510. The second kappa shape index (κ2) is 13.8. The standard InChI is InChI=1S/C15H27N5.2CH2O2/c1-5-19(4)14-9-10-16-15(17-14)20-11-7-6-8-13(12-20)18(2)3;2*2-1-3/h9-10,13H,5-8,11-12H2,1-4H3;2*1H,(H,2,3). The normalized spacial score (nSPS) is 16.3. The number of hydrogen-bond acceptors (Lipinski definition) is 7. The van der Waals surface area contributed by atoms with Crippen LogP contribution in [0.3, 0.4) is 0 Å². The zero-order chi connectivity index (χ0) is 19.9. The summed E-state index contributed by atoms with van der Waals surface area (Å²) in [5.41, 5.74) is 0. The lowest BCUT2D eigenvalue weighted by Crippen LogP contribution is -2.39. The summed E-state index contributed by atoms with van der Waals surface area (Å²) in [6, 6.07) is 2.57. The molecule has 1 aromatic rings. The van der Waals surface area contributed by atoms with E-state index in [1.54, 1.807) is 0 Å². The zero-order valence-electron chi connectivity index (χ0n) is 16.1. The van der Waals surface area contributed by atoms with Crippen LogP contribution in [0, 0.1) is 0 Å². The van der Waals surface area contributed by atoms with E-state index in [0.717, 1.165) is 31.4 Å². The fraction of sp³-hybridized carbons (Fsp3) is 0.647. The molecule has 26 heavy (non-hydrogen) atoms. The van der Waals surface area contributed by atoms with Gasteiger partial charge in [0.2, 0.25) is 5.95 Å². The summed E-state index contributed by atoms with van der Waals surface area (Å²) in [5.74, 6) is 1.87. The van der Waals surface area contributed by atoms with Gasteiger partial charge in [-0.3, -0.25) is 9.59 Å². The Balaban J connectivity index is 0.000000918. The lowest BCUT2D eigenvalue weighted by Gasteiger charge is -2.29. The van der Waals surface area contributed by atoms with E-state index in [4.69, 9.17) is 24.8 Å². The number of aromatic nitrogens is 2. The maximum absolute atomic E-state index is 8.36. The van der Waals surface area contributed by atoms with Gasteiger partial charge in [-0.05, 0) is 39.9 Å². The van der Waals surface area contributed by atoms with E-state index in [2.05, 4.69) is 47.8 Å². The van der Waals surface area contributed by atoms with E-state index in [9.17, 15) is 0 Å². The quantitative estimate of drug-likeness (QED) is 0.758. The molecule has 0 spiro atoms. The van der Waals surface area contributed by atoms with E-state index in [1.165, 1.54) is 19.3 Å². The fourth-order valence-electron chi connectivity index (χ4n) is 2.59. The number of nitrogens with zero attached hydrogens (tertiary/aromatic N) is 5. The molecule has 1 atom stereocenters. The first-order valence-corrected chi connectivity index (χ1v) is 8.56. The Kier molecular flexibility index (Phi) is 12.5. The molecule has 9 nitrogen and oxygen atoms in total. The monoisotopic (exact) mass is 369 g/mol. The van der Waals surface area contributed by atoms with Crippen molar-refractivity contribution < 1.29 is 19.8 Å². The summed E-state index contributed by atoms with van der Waals surface area (Å²) < 4.78 is 0. The Hall–Kier alpha value is -2.42. The van der Waals surface area contributed by atoms with Crippen LogP contribution in [0.15, 0.2) is 12.3 Å². The van der Waals surface area contributed by atoms with Gasteiger partial charge in [-0.15, -0.1) is 0 Å². The fourth-order valence-corrected chi connectivity index (χ4v) is 2.59. The van der Waals surface area contributed by atoms with Crippen LogP contribution in [0.25, 0.3) is 0 Å². The molecule has 9 heteroatoms. The Morgan fingerprint density at radius 3 is 2.38 bits per heavy atom.